The van der Waals surface area contributed by atoms with Crippen molar-refractivity contribution in [3.05, 3.63) is 34.0 Å². The fraction of sp³-hybridized carbons (Fsp3) is 0.538. The van der Waals surface area contributed by atoms with E-state index in [1.807, 2.05) is 17.8 Å². The molecule has 1 N–H and O–H groups in total. The summed E-state index contributed by atoms with van der Waals surface area (Å²) in [5.74, 6) is 0. The summed E-state index contributed by atoms with van der Waals surface area (Å²) in [6.45, 7) is 8.19. The Kier molecular flexibility index (Phi) is 4.49. The van der Waals surface area contributed by atoms with Gasteiger partial charge in [-0.3, -0.25) is 4.68 Å². The summed E-state index contributed by atoms with van der Waals surface area (Å²) in [5, 5.41) is 11.1. The number of rotatable bonds is 6. The summed E-state index contributed by atoms with van der Waals surface area (Å²) in [6, 6.07) is 0.166. The third-order valence-electron chi connectivity index (χ3n) is 2.73. The minimum atomic E-state index is 0.166. The molecule has 0 amide bonds. The minimum absolute atomic E-state index is 0.166. The van der Waals surface area contributed by atoms with Crippen molar-refractivity contribution in [2.24, 2.45) is 0 Å². The van der Waals surface area contributed by atoms with Gasteiger partial charge >= 0.3 is 0 Å². The van der Waals surface area contributed by atoms with Gasteiger partial charge in [-0.05, 0) is 19.9 Å². The lowest BCUT2D eigenvalue weighted by atomic mass is 10.1. The molecule has 0 saturated carbocycles. The van der Waals surface area contributed by atoms with Crippen molar-refractivity contribution in [2.45, 2.75) is 39.8 Å². The lowest BCUT2D eigenvalue weighted by Crippen LogP contribution is -2.21. The van der Waals surface area contributed by atoms with E-state index in [0.29, 0.717) is 0 Å². The zero-order chi connectivity index (χ0) is 13.0. The monoisotopic (exact) mass is 264 g/mol. The maximum Gasteiger partial charge on any atom is 0.114 e. The largest absolute Gasteiger partial charge is 0.304 e. The van der Waals surface area contributed by atoms with Crippen molar-refractivity contribution < 1.29 is 0 Å². The van der Waals surface area contributed by atoms with E-state index in [1.54, 1.807) is 11.3 Å². The van der Waals surface area contributed by atoms with Gasteiger partial charge in [-0.1, -0.05) is 13.8 Å². The van der Waals surface area contributed by atoms with Crippen LogP contribution in [0.15, 0.2) is 17.8 Å². The molecule has 0 aromatic carbocycles. The molecule has 1 atom stereocenters. The molecule has 0 bridgehead atoms. The Labute approximate surface area is 112 Å². The van der Waals surface area contributed by atoms with Gasteiger partial charge in [-0.15, -0.1) is 11.3 Å². The highest BCUT2D eigenvalue weighted by Gasteiger charge is 2.17. The van der Waals surface area contributed by atoms with Gasteiger partial charge in [0.25, 0.3) is 0 Å². The molecule has 2 rings (SSSR count). The first kappa shape index (κ1) is 13.2. The molecular weight excluding hydrogens is 244 g/mol. The first-order valence-corrected chi connectivity index (χ1v) is 7.30. The molecule has 0 saturated heterocycles. The van der Waals surface area contributed by atoms with Gasteiger partial charge in [-0.2, -0.15) is 5.10 Å². The highest BCUT2D eigenvalue weighted by molar-refractivity contribution is 7.09. The highest BCUT2D eigenvalue weighted by Crippen LogP contribution is 2.24. The van der Waals surface area contributed by atoms with Crippen LogP contribution in [0.4, 0.5) is 0 Å². The maximum atomic E-state index is 4.58. The Balaban J connectivity index is 2.23. The number of nitrogens with zero attached hydrogens (tertiary/aromatic N) is 3. The van der Waals surface area contributed by atoms with Crippen LogP contribution in [-0.4, -0.2) is 21.3 Å². The number of hydrogen-bond donors (Lipinski definition) is 1. The second-order valence-corrected chi connectivity index (χ2v) is 5.24. The topological polar surface area (TPSA) is 42.7 Å². The summed E-state index contributed by atoms with van der Waals surface area (Å²) >= 11 is 1.70. The molecule has 0 spiro atoms. The summed E-state index contributed by atoms with van der Waals surface area (Å²) in [7, 11) is 0. The van der Waals surface area contributed by atoms with E-state index in [-0.39, 0.29) is 6.04 Å². The molecule has 5 heteroatoms. The smallest absolute Gasteiger partial charge is 0.114 e. The summed E-state index contributed by atoms with van der Waals surface area (Å²) in [6.07, 6.45) is 5.16. The SMILES string of the molecule is CCCn1cc(C(NCC)c2nc(C)cs2)cn1. The number of hydrogen-bond acceptors (Lipinski definition) is 4. The van der Waals surface area contributed by atoms with Crippen LogP contribution in [0.25, 0.3) is 0 Å². The van der Waals surface area contributed by atoms with E-state index in [1.165, 1.54) is 5.56 Å². The zero-order valence-corrected chi connectivity index (χ0v) is 12.0. The Morgan fingerprint density at radius 2 is 2.28 bits per heavy atom. The standard InChI is InChI=1S/C13H20N4S/c1-4-6-17-8-11(7-15-17)12(14-5-2)13-16-10(3)9-18-13/h7-9,12,14H,4-6H2,1-3H3. The molecule has 1 unspecified atom stereocenters. The van der Waals surface area contributed by atoms with E-state index in [0.717, 1.165) is 30.2 Å². The molecule has 0 aliphatic rings. The first-order valence-electron chi connectivity index (χ1n) is 6.42. The maximum absolute atomic E-state index is 4.58. The predicted octanol–water partition coefficient (Wildman–Crippen LogP) is 2.76. The van der Waals surface area contributed by atoms with Gasteiger partial charge in [0.1, 0.15) is 5.01 Å². The van der Waals surface area contributed by atoms with Gasteiger partial charge in [0.05, 0.1) is 12.2 Å². The summed E-state index contributed by atoms with van der Waals surface area (Å²) in [5.41, 5.74) is 2.28. The fourth-order valence-corrected chi connectivity index (χ4v) is 2.83. The van der Waals surface area contributed by atoms with Crippen LogP contribution in [0, 0.1) is 6.92 Å². The summed E-state index contributed by atoms with van der Waals surface area (Å²) in [4.78, 5) is 4.58. The van der Waals surface area contributed by atoms with Crippen molar-refractivity contribution in [1.82, 2.24) is 20.1 Å². The Bertz CT molecular complexity index is 489. The highest BCUT2D eigenvalue weighted by atomic mass is 32.1. The molecule has 0 aliphatic carbocycles. The minimum Gasteiger partial charge on any atom is -0.304 e. The van der Waals surface area contributed by atoms with Crippen molar-refractivity contribution in [3.63, 3.8) is 0 Å². The molecule has 98 valence electrons. The first-order chi connectivity index (χ1) is 8.74. The van der Waals surface area contributed by atoms with Crippen LogP contribution in [0.3, 0.4) is 0 Å². The van der Waals surface area contributed by atoms with Crippen LogP contribution in [0.2, 0.25) is 0 Å². The predicted molar refractivity (Wildman–Crippen MR) is 74.9 cm³/mol. The van der Waals surface area contributed by atoms with Crippen molar-refractivity contribution in [1.29, 1.82) is 0 Å². The number of aryl methyl sites for hydroxylation is 2. The van der Waals surface area contributed by atoms with E-state index in [2.05, 4.69) is 40.8 Å². The van der Waals surface area contributed by atoms with Crippen LogP contribution in [0.1, 0.15) is 42.6 Å². The molecule has 18 heavy (non-hydrogen) atoms. The van der Waals surface area contributed by atoms with E-state index < -0.39 is 0 Å². The molecule has 0 fully saturated rings. The van der Waals surface area contributed by atoms with Crippen LogP contribution < -0.4 is 5.32 Å². The van der Waals surface area contributed by atoms with E-state index in [9.17, 15) is 0 Å². The summed E-state index contributed by atoms with van der Waals surface area (Å²) < 4.78 is 2.00. The van der Waals surface area contributed by atoms with Gasteiger partial charge in [-0.25, -0.2) is 4.98 Å². The van der Waals surface area contributed by atoms with Gasteiger partial charge < -0.3 is 5.32 Å². The van der Waals surface area contributed by atoms with Crippen molar-refractivity contribution >= 4 is 11.3 Å². The average molecular weight is 264 g/mol. The lowest BCUT2D eigenvalue weighted by molar-refractivity contribution is 0.596. The number of thiazole rings is 1. The Morgan fingerprint density at radius 3 is 2.89 bits per heavy atom. The molecule has 0 radical (unpaired) electrons. The third-order valence-corrected chi connectivity index (χ3v) is 3.76. The normalized spacial score (nSPS) is 12.8. The van der Waals surface area contributed by atoms with Gasteiger partial charge in [0, 0.05) is 29.4 Å². The number of nitrogens with one attached hydrogen (secondary N) is 1. The van der Waals surface area contributed by atoms with Gasteiger partial charge in [0.2, 0.25) is 0 Å². The van der Waals surface area contributed by atoms with E-state index >= 15 is 0 Å². The second kappa shape index (κ2) is 6.11. The lowest BCUT2D eigenvalue weighted by Gasteiger charge is -2.13. The second-order valence-electron chi connectivity index (χ2n) is 4.35. The molecular formula is C13H20N4S. The quantitative estimate of drug-likeness (QED) is 0.872. The van der Waals surface area contributed by atoms with Crippen LogP contribution >= 0.6 is 11.3 Å². The Morgan fingerprint density at radius 1 is 1.44 bits per heavy atom. The fourth-order valence-electron chi connectivity index (χ4n) is 1.94. The van der Waals surface area contributed by atoms with Crippen molar-refractivity contribution in [2.75, 3.05) is 6.54 Å². The van der Waals surface area contributed by atoms with Crippen LogP contribution in [-0.2, 0) is 6.54 Å². The third kappa shape index (κ3) is 2.97. The van der Waals surface area contributed by atoms with Crippen LogP contribution in [0.5, 0.6) is 0 Å². The Hall–Kier alpha value is -1.20. The zero-order valence-electron chi connectivity index (χ0n) is 11.2. The van der Waals surface area contributed by atoms with Crippen molar-refractivity contribution in [3.8, 4) is 0 Å². The van der Waals surface area contributed by atoms with E-state index in [4.69, 9.17) is 0 Å². The average Bonchev–Trinajstić information content (AvgIpc) is 2.96. The molecule has 2 heterocycles. The molecule has 4 nitrogen and oxygen atoms in total. The molecule has 0 aliphatic heterocycles. The molecule has 2 aromatic rings. The van der Waals surface area contributed by atoms with Gasteiger partial charge in [0.15, 0.2) is 0 Å². The molecule has 2 aromatic heterocycles. The number of aromatic nitrogens is 3.